The highest BCUT2D eigenvalue weighted by atomic mass is 16.5. The van der Waals surface area contributed by atoms with E-state index in [1.807, 2.05) is 11.8 Å². The van der Waals surface area contributed by atoms with E-state index in [4.69, 9.17) is 10.5 Å². The largest absolute Gasteiger partial charge is 0.368 e. The first-order valence-corrected chi connectivity index (χ1v) is 7.95. The van der Waals surface area contributed by atoms with Gasteiger partial charge in [0.25, 0.3) is 5.91 Å². The molecule has 1 fully saturated rings. The molecule has 2 aliphatic heterocycles. The summed E-state index contributed by atoms with van der Waals surface area (Å²) in [5.74, 6) is 0.133. The van der Waals surface area contributed by atoms with Gasteiger partial charge in [0.1, 0.15) is 6.10 Å². The van der Waals surface area contributed by atoms with E-state index in [9.17, 15) is 4.79 Å². The van der Waals surface area contributed by atoms with Gasteiger partial charge in [-0.2, -0.15) is 0 Å². The summed E-state index contributed by atoms with van der Waals surface area (Å²) in [5.41, 5.74) is 9.47. The maximum absolute atomic E-state index is 12.6. The van der Waals surface area contributed by atoms with E-state index in [1.165, 1.54) is 11.1 Å². The Hall–Kier alpha value is -1.39. The van der Waals surface area contributed by atoms with Gasteiger partial charge in [-0.3, -0.25) is 4.79 Å². The van der Waals surface area contributed by atoms with E-state index in [0.29, 0.717) is 6.61 Å². The molecule has 21 heavy (non-hydrogen) atoms. The summed E-state index contributed by atoms with van der Waals surface area (Å²) in [4.78, 5) is 14.5. The molecule has 1 aromatic rings. The molecule has 0 aromatic heterocycles. The Bertz CT molecular complexity index is 522. The fourth-order valence-corrected chi connectivity index (χ4v) is 3.32. The monoisotopic (exact) mass is 288 g/mol. The normalized spacial score (nSPS) is 23.0. The predicted molar refractivity (Wildman–Crippen MR) is 83.4 cm³/mol. The van der Waals surface area contributed by atoms with Crippen molar-refractivity contribution in [2.45, 2.75) is 51.2 Å². The molecule has 2 N–H and O–H groups in total. The van der Waals surface area contributed by atoms with Crippen LogP contribution in [0.15, 0.2) is 18.2 Å². The average Bonchev–Trinajstić information content (AvgIpc) is 2.99. The molecule has 114 valence electrons. The molecule has 0 spiro atoms. The molecular formula is C17H24N2O2. The van der Waals surface area contributed by atoms with E-state index >= 15 is 0 Å². The number of hydrogen-bond acceptors (Lipinski definition) is 3. The number of rotatable bonds is 3. The fraction of sp³-hybridized carbons (Fsp3) is 0.588. The molecule has 2 aliphatic rings. The van der Waals surface area contributed by atoms with Crippen LogP contribution in [-0.4, -0.2) is 31.2 Å². The minimum Gasteiger partial charge on any atom is -0.368 e. The standard InChI is InChI=1S/C17H24N2O2/c1-12(18)10-13-6-7-15-14(11-13)4-2-8-19(15)17(20)16-5-3-9-21-16/h6-7,11-12,16H,2-5,8-10,18H2,1H3. The Labute approximate surface area is 126 Å². The lowest BCUT2D eigenvalue weighted by molar-refractivity contribution is -0.127. The molecule has 2 atom stereocenters. The Morgan fingerprint density at radius 3 is 3.05 bits per heavy atom. The maximum Gasteiger partial charge on any atom is 0.256 e. The molecule has 0 aliphatic carbocycles. The minimum absolute atomic E-state index is 0.133. The van der Waals surface area contributed by atoms with Gasteiger partial charge in [0.15, 0.2) is 0 Å². The van der Waals surface area contributed by atoms with Gasteiger partial charge in [-0.15, -0.1) is 0 Å². The predicted octanol–water partition coefficient (Wildman–Crippen LogP) is 2.03. The highest BCUT2D eigenvalue weighted by Gasteiger charge is 2.31. The first-order chi connectivity index (χ1) is 10.1. The van der Waals surface area contributed by atoms with E-state index in [-0.39, 0.29) is 18.1 Å². The molecule has 4 nitrogen and oxygen atoms in total. The number of benzene rings is 1. The Morgan fingerprint density at radius 2 is 2.33 bits per heavy atom. The number of carbonyl (C=O) groups is 1. The summed E-state index contributed by atoms with van der Waals surface area (Å²) in [6, 6.07) is 6.56. The van der Waals surface area contributed by atoms with Crippen molar-refractivity contribution in [2.75, 3.05) is 18.1 Å². The lowest BCUT2D eigenvalue weighted by Crippen LogP contribution is -2.42. The molecule has 2 unspecified atom stereocenters. The van der Waals surface area contributed by atoms with E-state index in [0.717, 1.165) is 44.3 Å². The number of nitrogens with two attached hydrogens (primary N) is 1. The van der Waals surface area contributed by atoms with Crippen molar-refractivity contribution in [3.63, 3.8) is 0 Å². The Kier molecular flexibility index (Phi) is 4.27. The number of carbonyl (C=O) groups excluding carboxylic acids is 1. The number of anilines is 1. The van der Waals surface area contributed by atoms with Crippen LogP contribution in [0, 0.1) is 0 Å². The summed E-state index contributed by atoms with van der Waals surface area (Å²) < 4.78 is 5.55. The van der Waals surface area contributed by atoms with Crippen molar-refractivity contribution >= 4 is 11.6 Å². The van der Waals surface area contributed by atoms with Gasteiger partial charge in [-0.25, -0.2) is 0 Å². The van der Waals surface area contributed by atoms with Crippen molar-refractivity contribution in [1.82, 2.24) is 0 Å². The van der Waals surface area contributed by atoms with Crippen LogP contribution < -0.4 is 10.6 Å². The minimum atomic E-state index is -0.236. The summed E-state index contributed by atoms with van der Waals surface area (Å²) >= 11 is 0. The number of nitrogens with zero attached hydrogens (tertiary/aromatic N) is 1. The van der Waals surface area contributed by atoms with Gasteiger partial charge >= 0.3 is 0 Å². The van der Waals surface area contributed by atoms with Crippen LogP contribution in [0.5, 0.6) is 0 Å². The zero-order chi connectivity index (χ0) is 14.8. The summed E-state index contributed by atoms with van der Waals surface area (Å²) in [6.07, 6.45) is 4.55. The first kappa shape index (κ1) is 14.5. The third-order valence-corrected chi connectivity index (χ3v) is 4.29. The molecule has 4 heteroatoms. The van der Waals surface area contributed by atoms with Gasteiger partial charge in [0, 0.05) is 24.9 Å². The molecule has 1 aromatic carbocycles. The van der Waals surface area contributed by atoms with E-state index in [1.54, 1.807) is 0 Å². The average molecular weight is 288 g/mol. The number of aryl methyl sites for hydroxylation is 1. The highest BCUT2D eigenvalue weighted by molar-refractivity contribution is 5.97. The highest BCUT2D eigenvalue weighted by Crippen LogP contribution is 2.30. The summed E-state index contributed by atoms with van der Waals surface area (Å²) in [5, 5.41) is 0. The molecule has 1 amide bonds. The van der Waals surface area contributed by atoms with Gasteiger partial charge in [0.05, 0.1) is 0 Å². The van der Waals surface area contributed by atoms with Crippen molar-refractivity contribution in [3.05, 3.63) is 29.3 Å². The molecule has 2 heterocycles. The van der Waals surface area contributed by atoms with Crippen molar-refractivity contribution < 1.29 is 9.53 Å². The maximum atomic E-state index is 12.6. The summed E-state index contributed by atoms with van der Waals surface area (Å²) in [7, 11) is 0. The van der Waals surface area contributed by atoms with Crippen LogP contribution in [0.2, 0.25) is 0 Å². The number of fused-ring (bicyclic) bond motifs is 1. The topological polar surface area (TPSA) is 55.6 Å². The van der Waals surface area contributed by atoms with E-state index in [2.05, 4.69) is 18.2 Å². The second-order valence-electron chi connectivity index (χ2n) is 6.24. The smallest absolute Gasteiger partial charge is 0.256 e. The third-order valence-electron chi connectivity index (χ3n) is 4.29. The Morgan fingerprint density at radius 1 is 1.48 bits per heavy atom. The second-order valence-corrected chi connectivity index (χ2v) is 6.24. The molecule has 1 saturated heterocycles. The third kappa shape index (κ3) is 3.11. The first-order valence-electron chi connectivity index (χ1n) is 7.95. The molecule has 0 bridgehead atoms. The molecule has 0 saturated carbocycles. The quantitative estimate of drug-likeness (QED) is 0.926. The molecule has 0 radical (unpaired) electrons. The fourth-order valence-electron chi connectivity index (χ4n) is 3.32. The van der Waals surface area contributed by atoms with Crippen molar-refractivity contribution in [3.8, 4) is 0 Å². The van der Waals surface area contributed by atoms with Crippen LogP contribution in [0.4, 0.5) is 5.69 Å². The van der Waals surface area contributed by atoms with Crippen molar-refractivity contribution in [2.24, 2.45) is 5.73 Å². The zero-order valence-corrected chi connectivity index (χ0v) is 12.7. The molecular weight excluding hydrogens is 264 g/mol. The molecule has 3 rings (SSSR count). The number of amides is 1. The van der Waals surface area contributed by atoms with Gasteiger partial charge < -0.3 is 15.4 Å². The summed E-state index contributed by atoms with van der Waals surface area (Å²) in [6.45, 7) is 3.54. The Balaban J connectivity index is 1.82. The van der Waals surface area contributed by atoms with Gasteiger partial charge in [-0.05, 0) is 56.2 Å². The van der Waals surface area contributed by atoms with Crippen LogP contribution in [0.3, 0.4) is 0 Å². The number of ether oxygens (including phenoxy) is 1. The van der Waals surface area contributed by atoms with Crippen LogP contribution in [-0.2, 0) is 22.4 Å². The second kappa shape index (κ2) is 6.16. The van der Waals surface area contributed by atoms with Gasteiger partial charge in [-0.1, -0.05) is 12.1 Å². The lowest BCUT2D eigenvalue weighted by Gasteiger charge is -2.31. The lowest BCUT2D eigenvalue weighted by atomic mass is 9.96. The van der Waals surface area contributed by atoms with E-state index < -0.39 is 0 Å². The van der Waals surface area contributed by atoms with Gasteiger partial charge in [0.2, 0.25) is 0 Å². The van der Waals surface area contributed by atoms with Crippen LogP contribution in [0.1, 0.15) is 37.3 Å². The van der Waals surface area contributed by atoms with Crippen molar-refractivity contribution in [1.29, 1.82) is 0 Å². The zero-order valence-electron chi connectivity index (χ0n) is 12.7. The van der Waals surface area contributed by atoms with Crippen LogP contribution >= 0.6 is 0 Å². The van der Waals surface area contributed by atoms with Crippen LogP contribution in [0.25, 0.3) is 0 Å². The number of hydrogen-bond donors (Lipinski definition) is 1. The SMILES string of the molecule is CC(N)Cc1ccc2c(c1)CCCN2C(=O)C1CCCO1.